The van der Waals surface area contributed by atoms with Gasteiger partial charge < -0.3 is 4.74 Å². The topological polar surface area (TPSA) is 67.7 Å². The highest BCUT2D eigenvalue weighted by Crippen LogP contribution is 2.36. The summed E-state index contributed by atoms with van der Waals surface area (Å²) in [7, 11) is 1.61. The predicted molar refractivity (Wildman–Crippen MR) is 116 cm³/mol. The van der Waals surface area contributed by atoms with E-state index in [4.69, 9.17) is 4.74 Å². The number of hydrogen-bond donors (Lipinski definition) is 0. The van der Waals surface area contributed by atoms with Crippen molar-refractivity contribution in [3.8, 4) is 5.75 Å². The number of carbonyl (C=O) groups is 1. The number of rotatable bonds is 7. The molecule has 0 N–H and O–H groups in total. The van der Waals surface area contributed by atoms with Crippen LogP contribution in [0, 0.1) is 5.92 Å². The molecule has 1 aliphatic heterocycles. The minimum Gasteiger partial charge on any atom is -0.496 e. The van der Waals surface area contributed by atoms with Crippen molar-refractivity contribution in [2.45, 2.75) is 20.3 Å². The molecule has 1 aliphatic rings. The van der Waals surface area contributed by atoms with Crippen molar-refractivity contribution in [3.05, 3.63) is 52.4 Å². The van der Waals surface area contributed by atoms with E-state index in [2.05, 4.69) is 35.6 Å². The molecular weight excluding hydrogens is 392 g/mol. The van der Waals surface area contributed by atoms with Gasteiger partial charge >= 0.3 is 0 Å². The van der Waals surface area contributed by atoms with Gasteiger partial charge in [-0.15, -0.1) is 16.8 Å². The Bertz CT molecular complexity index is 934. The zero-order chi connectivity index (χ0) is 20.1. The molecule has 0 unspecified atom stereocenters. The van der Waals surface area contributed by atoms with Gasteiger partial charge in [0.1, 0.15) is 10.8 Å². The molecule has 2 heterocycles. The van der Waals surface area contributed by atoms with Crippen LogP contribution in [0.3, 0.4) is 0 Å². The molecule has 0 atom stereocenters. The summed E-state index contributed by atoms with van der Waals surface area (Å²) in [4.78, 5) is 19.6. The van der Waals surface area contributed by atoms with E-state index in [0.29, 0.717) is 33.4 Å². The van der Waals surface area contributed by atoms with E-state index < -0.39 is 0 Å². The molecule has 1 aromatic heterocycles. The van der Waals surface area contributed by atoms with E-state index >= 15 is 0 Å². The number of ether oxygens (including phenoxy) is 1. The van der Waals surface area contributed by atoms with Crippen LogP contribution < -0.4 is 4.74 Å². The van der Waals surface area contributed by atoms with Gasteiger partial charge in [0.2, 0.25) is 5.13 Å². The first-order chi connectivity index (χ1) is 13.5. The van der Waals surface area contributed by atoms with Gasteiger partial charge in [0.15, 0.2) is 5.17 Å². The maximum atomic E-state index is 12.9. The SMILES string of the molecule is C=CCN1C(=O)/C(=C\c2ccccc2OC)SC1=Nc1nnc(CC(C)C)s1. The fourth-order valence-electron chi connectivity index (χ4n) is 2.61. The number of hydrogen-bond acceptors (Lipinski definition) is 7. The maximum absolute atomic E-state index is 12.9. The number of thioether (sulfide) groups is 1. The molecule has 8 heteroatoms. The standard InChI is InChI=1S/C20H22N4O2S2/c1-5-10-24-18(25)16(12-14-8-6-7-9-15(14)26-4)27-20(24)21-19-23-22-17(28-19)11-13(2)3/h5-9,12-13H,1,10-11H2,2-4H3/b16-12+,21-20?. The third-order valence-corrected chi connectivity index (χ3v) is 5.70. The van der Waals surface area contributed by atoms with Gasteiger partial charge in [0.25, 0.3) is 5.91 Å². The van der Waals surface area contributed by atoms with Gasteiger partial charge in [-0.05, 0) is 29.8 Å². The summed E-state index contributed by atoms with van der Waals surface area (Å²) in [5, 5.41) is 10.4. The Morgan fingerprint density at radius 1 is 1.32 bits per heavy atom. The molecule has 0 spiro atoms. The second-order valence-corrected chi connectivity index (χ2v) is 8.58. The molecule has 1 fully saturated rings. The highest BCUT2D eigenvalue weighted by molar-refractivity contribution is 8.18. The van der Waals surface area contributed by atoms with E-state index in [-0.39, 0.29) is 5.91 Å². The predicted octanol–water partition coefficient (Wildman–Crippen LogP) is 4.54. The summed E-state index contributed by atoms with van der Waals surface area (Å²) in [6.07, 6.45) is 4.38. The number of carbonyl (C=O) groups excluding carboxylic acids is 1. The van der Waals surface area contributed by atoms with Crippen molar-refractivity contribution in [1.82, 2.24) is 15.1 Å². The number of aliphatic imine (C=N–C) groups is 1. The summed E-state index contributed by atoms with van der Waals surface area (Å²) in [5.74, 6) is 1.11. The lowest BCUT2D eigenvalue weighted by Gasteiger charge is -2.11. The van der Waals surface area contributed by atoms with E-state index in [1.54, 1.807) is 18.1 Å². The number of amides is 1. The maximum Gasteiger partial charge on any atom is 0.267 e. The Morgan fingerprint density at radius 2 is 2.11 bits per heavy atom. The molecule has 0 radical (unpaired) electrons. The first-order valence-electron chi connectivity index (χ1n) is 8.88. The molecule has 0 saturated carbocycles. The second kappa shape index (κ2) is 9.16. The average Bonchev–Trinajstić information content (AvgIpc) is 3.21. The zero-order valence-corrected chi connectivity index (χ0v) is 17.7. The number of benzene rings is 1. The first kappa shape index (κ1) is 20.3. The van der Waals surface area contributed by atoms with Crippen LogP contribution in [0.4, 0.5) is 5.13 Å². The number of nitrogens with zero attached hydrogens (tertiary/aromatic N) is 4. The van der Waals surface area contributed by atoms with Gasteiger partial charge in [-0.1, -0.05) is 49.5 Å². The van der Waals surface area contributed by atoms with Crippen LogP contribution in [0.25, 0.3) is 6.08 Å². The molecule has 1 aromatic carbocycles. The molecule has 28 heavy (non-hydrogen) atoms. The number of aromatic nitrogens is 2. The molecular formula is C20H22N4O2S2. The molecule has 0 bridgehead atoms. The molecule has 2 aromatic rings. The number of para-hydroxylation sites is 1. The average molecular weight is 415 g/mol. The van der Waals surface area contributed by atoms with E-state index in [0.717, 1.165) is 17.0 Å². The molecule has 3 rings (SSSR count). The zero-order valence-electron chi connectivity index (χ0n) is 16.1. The van der Waals surface area contributed by atoms with Gasteiger partial charge in [0.05, 0.1) is 12.0 Å². The highest BCUT2D eigenvalue weighted by Gasteiger charge is 2.33. The van der Waals surface area contributed by atoms with Crippen LogP contribution in [0.5, 0.6) is 5.75 Å². The van der Waals surface area contributed by atoms with Crippen molar-refractivity contribution in [3.63, 3.8) is 0 Å². The van der Waals surface area contributed by atoms with E-state index in [1.165, 1.54) is 23.1 Å². The smallest absolute Gasteiger partial charge is 0.267 e. The summed E-state index contributed by atoms with van der Waals surface area (Å²) in [6, 6.07) is 7.58. The Kier molecular flexibility index (Phi) is 6.64. The first-order valence-corrected chi connectivity index (χ1v) is 10.5. The lowest BCUT2D eigenvalue weighted by molar-refractivity contribution is -0.121. The summed E-state index contributed by atoms with van der Waals surface area (Å²) in [5.41, 5.74) is 0.843. The second-order valence-electron chi connectivity index (χ2n) is 6.53. The molecule has 146 valence electrons. The Hall–Kier alpha value is -2.45. The largest absolute Gasteiger partial charge is 0.496 e. The lowest BCUT2D eigenvalue weighted by Crippen LogP contribution is -2.29. The van der Waals surface area contributed by atoms with Crippen LogP contribution in [0.1, 0.15) is 24.4 Å². The van der Waals surface area contributed by atoms with Gasteiger partial charge in [-0.2, -0.15) is 4.99 Å². The van der Waals surface area contributed by atoms with Crippen molar-refractivity contribution < 1.29 is 9.53 Å². The van der Waals surface area contributed by atoms with Crippen LogP contribution in [-0.4, -0.2) is 39.8 Å². The molecule has 1 amide bonds. The molecule has 0 aliphatic carbocycles. The van der Waals surface area contributed by atoms with Crippen LogP contribution in [0.2, 0.25) is 0 Å². The summed E-state index contributed by atoms with van der Waals surface area (Å²) < 4.78 is 5.38. The lowest BCUT2D eigenvalue weighted by atomic mass is 10.1. The summed E-state index contributed by atoms with van der Waals surface area (Å²) >= 11 is 2.78. The third-order valence-electron chi connectivity index (χ3n) is 3.86. The minimum absolute atomic E-state index is 0.110. The van der Waals surface area contributed by atoms with Crippen LogP contribution in [0.15, 0.2) is 46.8 Å². The number of methoxy groups -OCH3 is 1. The van der Waals surface area contributed by atoms with Crippen molar-refractivity contribution in [2.24, 2.45) is 10.9 Å². The van der Waals surface area contributed by atoms with Gasteiger partial charge in [-0.3, -0.25) is 9.69 Å². The Labute approximate surface area is 173 Å². The minimum atomic E-state index is -0.110. The summed E-state index contributed by atoms with van der Waals surface area (Å²) in [6.45, 7) is 8.41. The van der Waals surface area contributed by atoms with E-state index in [9.17, 15) is 4.79 Å². The van der Waals surface area contributed by atoms with Crippen molar-refractivity contribution in [1.29, 1.82) is 0 Å². The number of amidine groups is 1. The van der Waals surface area contributed by atoms with E-state index in [1.807, 2.05) is 30.3 Å². The van der Waals surface area contributed by atoms with Crippen molar-refractivity contribution >= 4 is 45.4 Å². The fraction of sp³-hybridized carbons (Fsp3) is 0.300. The fourth-order valence-corrected chi connectivity index (χ4v) is 4.57. The Morgan fingerprint density at radius 3 is 2.82 bits per heavy atom. The van der Waals surface area contributed by atoms with Crippen LogP contribution in [-0.2, 0) is 11.2 Å². The van der Waals surface area contributed by atoms with Gasteiger partial charge in [-0.25, -0.2) is 0 Å². The monoisotopic (exact) mass is 414 g/mol. The molecule has 6 nitrogen and oxygen atoms in total. The van der Waals surface area contributed by atoms with Gasteiger partial charge in [0, 0.05) is 18.5 Å². The Balaban J connectivity index is 1.91. The third kappa shape index (κ3) is 4.69. The quantitative estimate of drug-likeness (QED) is 0.492. The molecule has 1 saturated heterocycles. The van der Waals surface area contributed by atoms with Crippen molar-refractivity contribution in [2.75, 3.05) is 13.7 Å². The highest BCUT2D eigenvalue weighted by atomic mass is 32.2. The van der Waals surface area contributed by atoms with Crippen LogP contribution >= 0.6 is 23.1 Å². The normalized spacial score (nSPS) is 17.1.